The fourth-order valence-corrected chi connectivity index (χ4v) is 1.43. The van der Waals surface area contributed by atoms with Gasteiger partial charge in [-0.15, -0.1) is 0 Å². The van der Waals surface area contributed by atoms with E-state index >= 15 is 0 Å². The van der Waals surface area contributed by atoms with Gasteiger partial charge in [0.2, 0.25) is 0 Å². The molecule has 11 heavy (non-hydrogen) atoms. The normalized spacial score (nSPS) is 27.0. The molecule has 3 heteroatoms. The maximum absolute atomic E-state index is 4.13. The summed E-state index contributed by atoms with van der Waals surface area (Å²) < 4.78 is 0.446. The predicted octanol–water partition coefficient (Wildman–Crippen LogP) is 2.36. The third-order valence-corrected chi connectivity index (χ3v) is 2.01. The molecule has 0 fully saturated rings. The van der Waals surface area contributed by atoms with Crippen LogP contribution in [0.4, 0.5) is 0 Å². The van der Waals surface area contributed by atoms with Gasteiger partial charge in [-0.25, -0.2) is 9.98 Å². The van der Waals surface area contributed by atoms with Crippen molar-refractivity contribution < 1.29 is 0 Å². The van der Waals surface area contributed by atoms with E-state index in [1.165, 1.54) is 0 Å². The number of rotatable bonds is 1. The predicted molar refractivity (Wildman–Crippen MR) is 57.7 cm³/mol. The zero-order valence-electron chi connectivity index (χ0n) is 6.07. The topological polar surface area (TPSA) is 24.7 Å². The Labute approximate surface area is 80.0 Å². The zero-order valence-corrected chi connectivity index (χ0v) is 8.23. The van der Waals surface area contributed by atoms with Gasteiger partial charge in [0.05, 0.1) is 3.92 Å². The summed E-state index contributed by atoms with van der Waals surface area (Å²) in [6.45, 7) is 3.62. The van der Waals surface area contributed by atoms with E-state index in [0.29, 0.717) is 3.92 Å². The number of halogens is 1. The Morgan fingerprint density at radius 1 is 1.73 bits per heavy atom. The van der Waals surface area contributed by atoms with Crippen LogP contribution >= 0.6 is 22.6 Å². The van der Waals surface area contributed by atoms with Crippen LogP contribution in [0.5, 0.6) is 0 Å². The van der Waals surface area contributed by atoms with Crippen LogP contribution in [0, 0.1) is 0 Å². The number of nitrogens with zero attached hydrogens (tertiary/aromatic N) is 2. The van der Waals surface area contributed by atoms with Crippen LogP contribution in [-0.4, -0.2) is 16.5 Å². The molecule has 58 valence electrons. The molecule has 0 spiro atoms. The summed E-state index contributed by atoms with van der Waals surface area (Å²) in [7, 11) is 0. The third-order valence-electron chi connectivity index (χ3n) is 1.25. The number of allylic oxidation sites excluding steroid dienone is 3. The largest absolute Gasteiger partial charge is 0.248 e. The minimum Gasteiger partial charge on any atom is -0.248 e. The molecule has 0 aromatic heterocycles. The number of alkyl halides is 1. The van der Waals surface area contributed by atoms with E-state index in [2.05, 4.69) is 39.2 Å². The smallest absolute Gasteiger partial charge is 0.115 e. The maximum atomic E-state index is 4.13. The molecule has 0 radical (unpaired) electrons. The van der Waals surface area contributed by atoms with Crippen LogP contribution in [0.1, 0.15) is 6.42 Å². The Bertz CT molecular complexity index is 228. The molecule has 1 heterocycles. The Morgan fingerprint density at radius 2 is 2.55 bits per heavy atom. The molecule has 0 saturated carbocycles. The number of aliphatic imine (C=N–C) groups is 2. The Morgan fingerprint density at radius 3 is 3.27 bits per heavy atom. The van der Waals surface area contributed by atoms with Gasteiger partial charge in [0, 0.05) is 18.3 Å². The van der Waals surface area contributed by atoms with E-state index in [-0.39, 0.29) is 0 Å². The summed E-state index contributed by atoms with van der Waals surface area (Å²) in [6, 6.07) is 0. The first-order chi connectivity index (χ1) is 5.33. The second kappa shape index (κ2) is 4.43. The van der Waals surface area contributed by atoms with Crippen LogP contribution in [0.2, 0.25) is 0 Å². The third kappa shape index (κ3) is 2.96. The second-order valence-corrected chi connectivity index (χ2v) is 3.76. The minimum atomic E-state index is 0.446. The highest BCUT2D eigenvalue weighted by Crippen LogP contribution is 2.14. The number of hydrogen-bond donors (Lipinski definition) is 0. The quantitative estimate of drug-likeness (QED) is 0.510. The van der Waals surface area contributed by atoms with Crippen molar-refractivity contribution in [1.82, 2.24) is 0 Å². The van der Waals surface area contributed by atoms with Crippen molar-refractivity contribution in [2.24, 2.45) is 9.98 Å². The van der Waals surface area contributed by atoms with E-state index in [1.807, 2.05) is 12.3 Å². The fraction of sp³-hybridized carbons (Fsp3) is 0.250. The molecule has 0 N–H and O–H groups in total. The summed E-state index contributed by atoms with van der Waals surface area (Å²) in [6.07, 6.45) is 8.08. The highest BCUT2D eigenvalue weighted by atomic mass is 127. The van der Waals surface area contributed by atoms with Crippen LogP contribution in [-0.2, 0) is 0 Å². The standard InChI is InChI=1S/C8H9IN2/c1-2-3-8-4-7(9)5-10-6-11-8/h2-3,5-7H,1,4H2/b8-3+/t7-/m0/s1. The van der Waals surface area contributed by atoms with Crippen molar-refractivity contribution in [3.05, 3.63) is 24.4 Å². The van der Waals surface area contributed by atoms with Crippen molar-refractivity contribution in [1.29, 1.82) is 0 Å². The van der Waals surface area contributed by atoms with Crippen molar-refractivity contribution >= 4 is 35.1 Å². The molecule has 2 nitrogen and oxygen atoms in total. The van der Waals surface area contributed by atoms with Gasteiger partial charge in [0.1, 0.15) is 6.34 Å². The molecule has 1 aliphatic rings. The average Bonchev–Trinajstić information content (AvgIpc) is 2.15. The van der Waals surface area contributed by atoms with Crippen LogP contribution in [0.15, 0.2) is 34.4 Å². The Kier molecular flexibility index (Phi) is 3.48. The molecule has 1 atom stereocenters. The number of hydrogen-bond acceptors (Lipinski definition) is 2. The van der Waals surface area contributed by atoms with Crippen molar-refractivity contribution in [2.75, 3.05) is 0 Å². The molecule has 0 amide bonds. The van der Waals surface area contributed by atoms with Gasteiger partial charge in [0.15, 0.2) is 0 Å². The SMILES string of the molecule is C=C/C=C1\C[C@H](I)C=NC=N1. The summed E-state index contributed by atoms with van der Waals surface area (Å²) in [5, 5.41) is 0. The van der Waals surface area contributed by atoms with Crippen molar-refractivity contribution in [2.45, 2.75) is 10.3 Å². The highest BCUT2D eigenvalue weighted by Gasteiger charge is 2.04. The molecule has 0 bridgehead atoms. The maximum Gasteiger partial charge on any atom is 0.115 e. The molecule has 0 saturated heterocycles. The highest BCUT2D eigenvalue weighted by molar-refractivity contribution is 14.1. The molecule has 0 aromatic rings. The van der Waals surface area contributed by atoms with Gasteiger partial charge in [-0.2, -0.15) is 0 Å². The van der Waals surface area contributed by atoms with Crippen LogP contribution in [0.25, 0.3) is 0 Å². The monoisotopic (exact) mass is 260 g/mol. The van der Waals surface area contributed by atoms with Crippen molar-refractivity contribution in [3.8, 4) is 0 Å². The summed E-state index contributed by atoms with van der Waals surface area (Å²) in [4.78, 5) is 8.11. The molecular weight excluding hydrogens is 251 g/mol. The fourth-order valence-electron chi connectivity index (χ4n) is 0.792. The molecular formula is C8H9IN2. The lowest BCUT2D eigenvalue weighted by atomic mass is 10.2. The lowest BCUT2D eigenvalue weighted by Gasteiger charge is -1.99. The average molecular weight is 260 g/mol. The van der Waals surface area contributed by atoms with Gasteiger partial charge in [-0.3, -0.25) is 0 Å². The van der Waals surface area contributed by atoms with Gasteiger partial charge >= 0.3 is 0 Å². The van der Waals surface area contributed by atoms with E-state index in [0.717, 1.165) is 12.1 Å². The van der Waals surface area contributed by atoms with Crippen LogP contribution in [0.3, 0.4) is 0 Å². The molecule has 0 unspecified atom stereocenters. The first-order valence-electron chi connectivity index (χ1n) is 3.34. The molecule has 0 aliphatic carbocycles. The summed E-state index contributed by atoms with van der Waals surface area (Å²) >= 11 is 2.33. The van der Waals surface area contributed by atoms with Gasteiger partial charge in [-0.05, 0) is 6.08 Å². The van der Waals surface area contributed by atoms with Gasteiger partial charge < -0.3 is 0 Å². The molecule has 1 rings (SSSR count). The minimum absolute atomic E-state index is 0.446. The summed E-state index contributed by atoms with van der Waals surface area (Å²) in [5.74, 6) is 0. The first kappa shape index (κ1) is 8.64. The first-order valence-corrected chi connectivity index (χ1v) is 4.59. The van der Waals surface area contributed by atoms with E-state index in [9.17, 15) is 0 Å². The summed E-state index contributed by atoms with van der Waals surface area (Å²) in [5.41, 5.74) is 1.04. The Hall–Kier alpha value is -0.450. The second-order valence-electron chi connectivity index (χ2n) is 2.16. The molecule has 0 aromatic carbocycles. The molecule has 1 aliphatic heterocycles. The lowest BCUT2D eigenvalue weighted by Crippen LogP contribution is -1.97. The van der Waals surface area contributed by atoms with E-state index < -0.39 is 0 Å². The van der Waals surface area contributed by atoms with Crippen LogP contribution < -0.4 is 0 Å². The van der Waals surface area contributed by atoms with Crippen molar-refractivity contribution in [3.63, 3.8) is 0 Å². The Balaban J connectivity index is 2.71. The van der Waals surface area contributed by atoms with Gasteiger partial charge in [0.25, 0.3) is 0 Å². The lowest BCUT2D eigenvalue weighted by molar-refractivity contribution is 1.05. The van der Waals surface area contributed by atoms with E-state index in [1.54, 1.807) is 12.4 Å². The zero-order chi connectivity index (χ0) is 8.10. The van der Waals surface area contributed by atoms with Gasteiger partial charge in [-0.1, -0.05) is 35.2 Å². The van der Waals surface area contributed by atoms with E-state index in [4.69, 9.17) is 0 Å².